The van der Waals surface area contributed by atoms with Crippen molar-refractivity contribution in [1.82, 2.24) is 0 Å². The number of thiophene rings is 1. The van der Waals surface area contributed by atoms with Crippen molar-refractivity contribution in [2.24, 2.45) is 0 Å². The van der Waals surface area contributed by atoms with Crippen molar-refractivity contribution in [2.45, 2.75) is 6.10 Å². The molecule has 0 bridgehead atoms. The molecule has 1 heterocycles. The molecule has 0 radical (unpaired) electrons. The van der Waals surface area contributed by atoms with Crippen LogP contribution >= 0.6 is 11.3 Å². The molecule has 3 heteroatoms. The third-order valence-electron chi connectivity index (χ3n) is 2.14. The minimum atomic E-state index is -0.627. The van der Waals surface area contributed by atoms with E-state index in [4.69, 9.17) is 5.26 Å². The summed E-state index contributed by atoms with van der Waals surface area (Å²) < 4.78 is 0. The molecule has 0 aliphatic carbocycles. The van der Waals surface area contributed by atoms with Gasteiger partial charge in [-0.2, -0.15) is 5.26 Å². The monoisotopic (exact) mass is 215 g/mol. The smallest absolute Gasteiger partial charge is 0.113 e. The van der Waals surface area contributed by atoms with Gasteiger partial charge in [0.1, 0.15) is 6.10 Å². The molecule has 0 fully saturated rings. The van der Waals surface area contributed by atoms with Gasteiger partial charge in [0.05, 0.1) is 11.6 Å². The van der Waals surface area contributed by atoms with E-state index in [1.54, 1.807) is 18.2 Å². The van der Waals surface area contributed by atoms with E-state index < -0.39 is 6.10 Å². The summed E-state index contributed by atoms with van der Waals surface area (Å²) in [5.41, 5.74) is 1.33. The van der Waals surface area contributed by atoms with E-state index in [-0.39, 0.29) is 0 Å². The normalized spacial score (nSPS) is 12.0. The van der Waals surface area contributed by atoms with Gasteiger partial charge in [-0.15, -0.1) is 11.3 Å². The molecule has 0 aliphatic rings. The molecule has 0 spiro atoms. The summed E-state index contributed by atoms with van der Waals surface area (Å²) >= 11 is 1.51. The van der Waals surface area contributed by atoms with Crippen LogP contribution in [-0.2, 0) is 0 Å². The maximum Gasteiger partial charge on any atom is 0.113 e. The lowest BCUT2D eigenvalue weighted by Crippen LogP contribution is -1.96. The summed E-state index contributed by atoms with van der Waals surface area (Å²) in [5.74, 6) is 0. The van der Waals surface area contributed by atoms with E-state index in [9.17, 15) is 5.11 Å². The Morgan fingerprint density at radius 1 is 1.27 bits per heavy atom. The number of hydrogen-bond acceptors (Lipinski definition) is 3. The lowest BCUT2D eigenvalue weighted by atomic mass is 10.1. The number of aliphatic hydroxyl groups excluding tert-OH is 1. The predicted octanol–water partition coefficient (Wildman–Crippen LogP) is 2.70. The third-order valence-corrected chi connectivity index (χ3v) is 3.07. The largest absolute Gasteiger partial charge is 0.383 e. The van der Waals surface area contributed by atoms with Crippen molar-refractivity contribution in [2.75, 3.05) is 0 Å². The van der Waals surface area contributed by atoms with E-state index in [0.29, 0.717) is 5.56 Å². The number of aliphatic hydroxyl groups is 1. The highest BCUT2D eigenvalue weighted by Gasteiger charge is 2.11. The molecule has 1 unspecified atom stereocenters. The predicted molar refractivity (Wildman–Crippen MR) is 59.5 cm³/mol. The van der Waals surface area contributed by atoms with Crippen LogP contribution in [0.2, 0.25) is 0 Å². The lowest BCUT2D eigenvalue weighted by molar-refractivity contribution is 0.224. The quantitative estimate of drug-likeness (QED) is 0.837. The first-order chi connectivity index (χ1) is 7.31. The first kappa shape index (κ1) is 9.91. The molecule has 2 rings (SSSR count). The number of nitrogens with zero attached hydrogens (tertiary/aromatic N) is 1. The zero-order valence-electron chi connectivity index (χ0n) is 7.92. The Labute approximate surface area is 92.0 Å². The van der Waals surface area contributed by atoms with Gasteiger partial charge in [-0.25, -0.2) is 0 Å². The highest BCUT2D eigenvalue weighted by molar-refractivity contribution is 7.10. The standard InChI is InChI=1S/C12H9NOS/c13-8-9-3-1-4-10(7-9)12(14)11-5-2-6-15-11/h1-7,12,14H. The van der Waals surface area contributed by atoms with Crippen molar-refractivity contribution in [3.05, 3.63) is 57.8 Å². The third kappa shape index (κ3) is 2.07. The summed E-state index contributed by atoms with van der Waals surface area (Å²) in [6.07, 6.45) is -0.627. The van der Waals surface area contributed by atoms with Crippen LogP contribution < -0.4 is 0 Å². The molecule has 0 saturated carbocycles. The molecule has 0 saturated heterocycles. The average Bonchev–Trinajstić information content (AvgIpc) is 2.81. The van der Waals surface area contributed by atoms with Gasteiger partial charge in [0.2, 0.25) is 0 Å². The van der Waals surface area contributed by atoms with Crippen LogP contribution in [0.5, 0.6) is 0 Å². The Kier molecular flexibility index (Phi) is 2.82. The summed E-state index contributed by atoms with van der Waals surface area (Å²) in [6.45, 7) is 0. The van der Waals surface area contributed by atoms with Crippen LogP contribution in [0.4, 0.5) is 0 Å². The molecule has 0 amide bonds. The van der Waals surface area contributed by atoms with Crippen LogP contribution in [0.25, 0.3) is 0 Å². The molecule has 15 heavy (non-hydrogen) atoms. The maximum absolute atomic E-state index is 10.0. The number of nitriles is 1. The second kappa shape index (κ2) is 4.26. The minimum Gasteiger partial charge on any atom is -0.383 e. The zero-order chi connectivity index (χ0) is 10.7. The van der Waals surface area contributed by atoms with Crippen LogP contribution in [0.15, 0.2) is 41.8 Å². The van der Waals surface area contributed by atoms with Crippen molar-refractivity contribution < 1.29 is 5.11 Å². The van der Waals surface area contributed by atoms with Crippen molar-refractivity contribution >= 4 is 11.3 Å². The van der Waals surface area contributed by atoms with Gasteiger partial charge in [-0.3, -0.25) is 0 Å². The topological polar surface area (TPSA) is 44.0 Å². The lowest BCUT2D eigenvalue weighted by Gasteiger charge is -2.08. The van der Waals surface area contributed by atoms with Gasteiger partial charge in [-0.1, -0.05) is 18.2 Å². The highest BCUT2D eigenvalue weighted by Crippen LogP contribution is 2.25. The number of rotatable bonds is 2. The van der Waals surface area contributed by atoms with Gasteiger partial charge in [-0.05, 0) is 29.1 Å². The van der Waals surface area contributed by atoms with Crippen molar-refractivity contribution in [3.63, 3.8) is 0 Å². The summed E-state index contributed by atoms with van der Waals surface area (Å²) in [7, 11) is 0. The molecule has 1 aromatic heterocycles. The van der Waals surface area contributed by atoms with Gasteiger partial charge < -0.3 is 5.11 Å². The Balaban J connectivity index is 2.34. The van der Waals surface area contributed by atoms with Gasteiger partial charge >= 0.3 is 0 Å². The molecule has 1 aromatic carbocycles. The molecule has 2 aromatic rings. The molecule has 2 nitrogen and oxygen atoms in total. The van der Waals surface area contributed by atoms with Crippen LogP contribution in [0.1, 0.15) is 22.1 Å². The van der Waals surface area contributed by atoms with Crippen LogP contribution in [0.3, 0.4) is 0 Å². The Morgan fingerprint density at radius 2 is 2.13 bits per heavy atom. The SMILES string of the molecule is N#Cc1cccc(C(O)c2cccs2)c1. The molecule has 0 aliphatic heterocycles. The fourth-order valence-electron chi connectivity index (χ4n) is 1.39. The summed E-state index contributed by atoms with van der Waals surface area (Å²) in [6, 6.07) is 12.9. The number of hydrogen-bond donors (Lipinski definition) is 1. The molecule has 1 N–H and O–H groups in total. The Hall–Kier alpha value is -1.63. The van der Waals surface area contributed by atoms with Gasteiger partial charge in [0.15, 0.2) is 0 Å². The maximum atomic E-state index is 10.0. The van der Waals surface area contributed by atoms with Crippen LogP contribution in [0, 0.1) is 11.3 Å². The Morgan fingerprint density at radius 3 is 2.80 bits per heavy atom. The Bertz CT molecular complexity index is 485. The second-order valence-corrected chi connectivity index (χ2v) is 4.13. The van der Waals surface area contributed by atoms with E-state index in [1.165, 1.54) is 11.3 Å². The molecular weight excluding hydrogens is 206 g/mol. The molecular formula is C12H9NOS. The highest BCUT2D eigenvalue weighted by atomic mass is 32.1. The van der Waals surface area contributed by atoms with E-state index in [1.807, 2.05) is 23.6 Å². The average molecular weight is 215 g/mol. The first-order valence-electron chi connectivity index (χ1n) is 4.53. The fraction of sp³-hybridized carbons (Fsp3) is 0.0833. The van der Waals surface area contributed by atoms with Crippen molar-refractivity contribution in [1.29, 1.82) is 5.26 Å². The first-order valence-corrected chi connectivity index (χ1v) is 5.41. The van der Waals surface area contributed by atoms with Gasteiger partial charge in [0.25, 0.3) is 0 Å². The minimum absolute atomic E-state index is 0.572. The van der Waals surface area contributed by atoms with Crippen LogP contribution in [-0.4, -0.2) is 5.11 Å². The molecule has 74 valence electrons. The van der Waals surface area contributed by atoms with Gasteiger partial charge in [0, 0.05) is 4.88 Å². The van der Waals surface area contributed by atoms with E-state index in [0.717, 1.165) is 10.4 Å². The van der Waals surface area contributed by atoms with E-state index in [2.05, 4.69) is 6.07 Å². The van der Waals surface area contributed by atoms with Crippen molar-refractivity contribution in [3.8, 4) is 6.07 Å². The number of benzene rings is 1. The summed E-state index contributed by atoms with van der Waals surface area (Å²) in [4.78, 5) is 0.894. The zero-order valence-corrected chi connectivity index (χ0v) is 8.74. The molecule has 1 atom stereocenters. The summed E-state index contributed by atoms with van der Waals surface area (Å²) in [5, 5.41) is 20.7. The fourth-order valence-corrected chi connectivity index (χ4v) is 2.13. The second-order valence-electron chi connectivity index (χ2n) is 3.16. The van der Waals surface area contributed by atoms with E-state index >= 15 is 0 Å².